The molecule has 1 aliphatic carbocycles. The van der Waals surface area contributed by atoms with Crippen LogP contribution in [-0.2, 0) is 20.9 Å². The zero-order chi connectivity index (χ0) is 26.5. The molecule has 0 aliphatic heterocycles. The molecule has 2 aromatic rings. The van der Waals surface area contributed by atoms with E-state index in [1.807, 2.05) is 37.3 Å². The maximum absolute atomic E-state index is 13.8. The SMILES string of the molecule is CC1CC1N(C(=O)C(CS)NC(=O)OC(C)(C)C)C(C(=O)NCc1ccccc1)c1cccc(O)c1. The maximum Gasteiger partial charge on any atom is 0.408 e. The summed E-state index contributed by atoms with van der Waals surface area (Å²) >= 11 is 4.30. The zero-order valence-corrected chi connectivity index (χ0v) is 22.0. The van der Waals surface area contributed by atoms with Crippen molar-refractivity contribution in [3.05, 3.63) is 65.7 Å². The first-order chi connectivity index (χ1) is 17.0. The number of carbonyl (C=O) groups excluding carboxylic acids is 3. The quantitative estimate of drug-likeness (QED) is 0.382. The lowest BCUT2D eigenvalue weighted by Gasteiger charge is -2.34. The standard InChI is InChI=1S/C27H35N3O5S/c1-17-13-22(17)30(25(33)21(16-36)29-26(34)35-27(2,3)4)23(19-11-8-12-20(31)14-19)24(32)28-15-18-9-6-5-7-10-18/h5-12,14,17,21-23,31,36H,13,15-16H2,1-4H3,(H,28,32)(H,29,34). The molecule has 1 aliphatic rings. The fraction of sp³-hybridized carbons (Fsp3) is 0.444. The smallest absolute Gasteiger partial charge is 0.408 e. The van der Waals surface area contributed by atoms with Crippen molar-refractivity contribution in [1.29, 1.82) is 0 Å². The second-order valence-corrected chi connectivity index (χ2v) is 10.5. The number of nitrogens with zero attached hydrogens (tertiary/aromatic N) is 1. The number of hydrogen-bond acceptors (Lipinski definition) is 6. The van der Waals surface area contributed by atoms with E-state index in [2.05, 4.69) is 23.3 Å². The van der Waals surface area contributed by atoms with Crippen LogP contribution in [0.15, 0.2) is 54.6 Å². The highest BCUT2D eigenvalue weighted by Gasteiger charge is 2.48. The minimum absolute atomic E-state index is 0.0118. The summed E-state index contributed by atoms with van der Waals surface area (Å²) < 4.78 is 5.33. The number of ether oxygens (including phenoxy) is 1. The van der Waals surface area contributed by atoms with E-state index in [1.165, 1.54) is 17.0 Å². The minimum atomic E-state index is -1.01. The molecule has 3 rings (SSSR count). The molecule has 4 atom stereocenters. The number of benzene rings is 2. The van der Waals surface area contributed by atoms with Crippen molar-refractivity contribution in [3.63, 3.8) is 0 Å². The van der Waals surface area contributed by atoms with Gasteiger partial charge in [0.1, 0.15) is 23.4 Å². The Labute approximate surface area is 217 Å². The molecule has 36 heavy (non-hydrogen) atoms. The second-order valence-electron chi connectivity index (χ2n) is 10.1. The predicted octanol–water partition coefficient (Wildman–Crippen LogP) is 3.81. The summed E-state index contributed by atoms with van der Waals surface area (Å²) in [5.41, 5.74) is 0.654. The van der Waals surface area contributed by atoms with Gasteiger partial charge in [-0.2, -0.15) is 12.6 Å². The van der Waals surface area contributed by atoms with Gasteiger partial charge in [-0.15, -0.1) is 0 Å². The molecule has 0 radical (unpaired) electrons. The number of hydrogen-bond donors (Lipinski definition) is 4. The van der Waals surface area contributed by atoms with Crippen molar-refractivity contribution < 1.29 is 24.2 Å². The number of phenolic OH excluding ortho intramolecular Hbond substituents is 1. The van der Waals surface area contributed by atoms with Gasteiger partial charge in [0.15, 0.2) is 0 Å². The largest absolute Gasteiger partial charge is 0.508 e. The number of alkyl carbamates (subject to hydrolysis) is 1. The molecule has 3 amide bonds. The van der Waals surface area contributed by atoms with Crippen molar-refractivity contribution in [2.45, 2.75) is 64.4 Å². The van der Waals surface area contributed by atoms with Crippen LogP contribution in [0.4, 0.5) is 4.79 Å². The molecule has 9 heteroatoms. The van der Waals surface area contributed by atoms with Gasteiger partial charge in [-0.1, -0.05) is 49.4 Å². The third-order valence-electron chi connectivity index (χ3n) is 5.87. The van der Waals surface area contributed by atoms with Crippen LogP contribution >= 0.6 is 12.6 Å². The molecule has 0 spiro atoms. The first kappa shape index (κ1) is 27.4. The summed E-state index contributed by atoms with van der Waals surface area (Å²) in [6.45, 7) is 7.48. The molecule has 0 heterocycles. The van der Waals surface area contributed by atoms with E-state index in [9.17, 15) is 19.5 Å². The molecule has 8 nitrogen and oxygen atoms in total. The van der Waals surface area contributed by atoms with Crippen molar-refractivity contribution >= 4 is 30.5 Å². The summed E-state index contributed by atoms with van der Waals surface area (Å²) in [5, 5.41) is 15.7. The Kier molecular flexibility index (Phi) is 8.89. The van der Waals surface area contributed by atoms with Crippen LogP contribution in [0.5, 0.6) is 5.75 Å². The lowest BCUT2D eigenvalue weighted by molar-refractivity contribution is -0.143. The van der Waals surface area contributed by atoms with E-state index >= 15 is 0 Å². The molecular weight excluding hydrogens is 478 g/mol. The average Bonchev–Trinajstić information content (AvgIpc) is 3.54. The predicted molar refractivity (Wildman–Crippen MR) is 141 cm³/mol. The summed E-state index contributed by atoms with van der Waals surface area (Å²) in [6.07, 6.45) is -0.0141. The minimum Gasteiger partial charge on any atom is -0.508 e. The van der Waals surface area contributed by atoms with Crippen LogP contribution in [0.1, 0.15) is 51.3 Å². The molecule has 0 aromatic heterocycles. The van der Waals surface area contributed by atoms with Gasteiger partial charge in [-0.25, -0.2) is 4.79 Å². The monoisotopic (exact) mass is 513 g/mol. The van der Waals surface area contributed by atoms with E-state index in [1.54, 1.807) is 32.9 Å². The van der Waals surface area contributed by atoms with Crippen LogP contribution in [0.25, 0.3) is 0 Å². The number of amides is 3. The van der Waals surface area contributed by atoms with Crippen LogP contribution < -0.4 is 10.6 Å². The lowest BCUT2D eigenvalue weighted by atomic mass is 10.0. The van der Waals surface area contributed by atoms with E-state index in [0.717, 1.165) is 12.0 Å². The zero-order valence-electron chi connectivity index (χ0n) is 21.1. The number of phenols is 1. The average molecular weight is 514 g/mol. The summed E-state index contributed by atoms with van der Waals surface area (Å²) in [6, 6.07) is 13.6. The van der Waals surface area contributed by atoms with Crippen molar-refractivity contribution in [1.82, 2.24) is 15.5 Å². The molecular formula is C27H35N3O5S. The number of nitrogens with one attached hydrogen (secondary N) is 2. The number of carbonyl (C=O) groups is 3. The Hall–Kier alpha value is -3.20. The van der Waals surface area contributed by atoms with Gasteiger partial charge in [-0.3, -0.25) is 9.59 Å². The molecule has 4 unspecified atom stereocenters. The van der Waals surface area contributed by atoms with Gasteiger partial charge in [0.2, 0.25) is 11.8 Å². The normalized spacial score (nSPS) is 18.5. The Morgan fingerprint density at radius 3 is 2.36 bits per heavy atom. The molecule has 1 fully saturated rings. The summed E-state index contributed by atoms with van der Waals surface area (Å²) in [5.74, 6) is -0.630. The van der Waals surface area contributed by atoms with Crippen LogP contribution in [0, 0.1) is 5.92 Å². The summed E-state index contributed by atoms with van der Waals surface area (Å²) in [4.78, 5) is 41.4. The van der Waals surface area contributed by atoms with Gasteiger partial charge in [-0.05, 0) is 56.4 Å². The number of thiol groups is 1. The first-order valence-corrected chi connectivity index (χ1v) is 12.7. The van der Waals surface area contributed by atoms with Gasteiger partial charge in [0.25, 0.3) is 0 Å². The number of aromatic hydroxyl groups is 1. The Bertz CT molecular complexity index is 1070. The van der Waals surface area contributed by atoms with Crippen LogP contribution in [0.3, 0.4) is 0 Å². The summed E-state index contributed by atoms with van der Waals surface area (Å²) in [7, 11) is 0. The molecule has 2 aromatic carbocycles. The van der Waals surface area contributed by atoms with Gasteiger partial charge in [0.05, 0.1) is 0 Å². The van der Waals surface area contributed by atoms with E-state index < -0.39 is 29.7 Å². The van der Waals surface area contributed by atoms with Crippen molar-refractivity contribution in [2.24, 2.45) is 5.92 Å². The number of rotatable bonds is 9. The van der Waals surface area contributed by atoms with Gasteiger partial charge in [0, 0.05) is 18.3 Å². The van der Waals surface area contributed by atoms with Gasteiger partial charge >= 0.3 is 6.09 Å². The third-order valence-corrected chi connectivity index (χ3v) is 6.24. The highest BCUT2D eigenvalue weighted by Crippen LogP contribution is 2.41. The second kappa shape index (κ2) is 11.7. The topological polar surface area (TPSA) is 108 Å². The molecule has 1 saturated carbocycles. The Balaban J connectivity index is 1.92. The lowest BCUT2D eigenvalue weighted by Crippen LogP contribution is -2.54. The fourth-order valence-electron chi connectivity index (χ4n) is 4.00. The molecule has 194 valence electrons. The van der Waals surface area contributed by atoms with Crippen LogP contribution in [-0.4, -0.2) is 51.4 Å². The fourth-order valence-corrected chi connectivity index (χ4v) is 4.25. The Morgan fingerprint density at radius 2 is 1.81 bits per heavy atom. The van der Waals surface area contributed by atoms with Crippen LogP contribution in [0.2, 0.25) is 0 Å². The van der Waals surface area contributed by atoms with Crippen molar-refractivity contribution in [2.75, 3.05) is 5.75 Å². The maximum atomic E-state index is 13.8. The third kappa shape index (κ3) is 7.40. The van der Waals surface area contributed by atoms with Crippen molar-refractivity contribution in [3.8, 4) is 5.75 Å². The highest BCUT2D eigenvalue weighted by molar-refractivity contribution is 7.80. The van der Waals surface area contributed by atoms with E-state index in [0.29, 0.717) is 5.56 Å². The van der Waals surface area contributed by atoms with Gasteiger partial charge < -0.3 is 25.4 Å². The Morgan fingerprint density at radius 1 is 1.14 bits per heavy atom. The first-order valence-electron chi connectivity index (χ1n) is 12.0. The van der Waals surface area contributed by atoms with E-state index in [4.69, 9.17) is 4.74 Å². The molecule has 0 saturated heterocycles. The molecule has 3 N–H and O–H groups in total. The molecule has 0 bridgehead atoms. The highest BCUT2D eigenvalue weighted by atomic mass is 32.1. The van der Waals surface area contributed by atoms with E-state index in [-0.39, 0.29) is 35.9 Å².